The van der Waals surface area contributed by atoms with E-state index in [9.17, 15) is 18.8 Å². The standard InChI is InChI=1S/C23H31FN4O5/c1-5-33-22(30)20-18(13-27-9-10-28(15(2)12-27)19(29)14-32-4)26(3)23(31)25-21(20)16-7-6-8-17(24)11-16/h6-8,11,15,21H,5,9-10,12-14H2,1-4H3,(H,25,31). The van der Waals surface area contributed by atoms with Gasteiger partial charge in [0.05, 0.1) is 18.2 Å². The number of methoxy groups -OCH3 is 1. The molecule has 0 spiro atoms. The van der Waals surface area contributed by atoms with E-state index in [1.54, 1.807) is 24.9 Å². The summed E-state index contributed by atoms with van der Waals surface area (Å²) in [6.45, 7) is 5.80. The minimum Gasteiger partial charge on any atom is -0.463 e. The first-order valence-electron chi connectivity index (χ1n) is 11.0. The summed E-state index contributed by atoms with van der Waals surface area (Å²) >= 11 is 0. The molecule has 1 N–H and O–H groups in total. The van der Waals surface area contributed by atoms with E-state index in [1.165, 1.54) is 30.2 Å². The lowest BCUT2D eigenvalue weighted by molar-refractivity contribution is -0.139. The molecule has 1 fully saturated rings. The molecule has 9 nitrogen and oxygen atoms in total. The van der Waals surface area contributed by atoms with Gasteiger partial charge in [-0.2, -0.15) is 0 Å². The van der Waals surface area contributed by atoms with Crippen LogP contribution in [-0.4, -0.2) is 92.2 Å². The van der Waals surface area contributed by atoms with Gasteiger partial charge in [0.1, 0.15) is 12.4 Å². The van der Waals surface area contributed by atoms with Crippen LogP contribution in [0.25, 0.3) is 0 Å². The van der Waals surface area contributed by atoms with Gasteiger partial charge in [0.2, 0.25) is 5.91 Å². The van der Waals surface area contributed by atoms with E-state index in [4.69, 9.17) is 9.47 Å². The molecular formula is C23H31FN4O5. The van der Waals surface area contributed by atoms with Crippen LogP contribution in [-0.2, 0) is 19.1 Å². The number of hydrogen-bond acceptors (Lipinski definition) is 6. The maximum atomic E-state index is 13.9. The number of rotatable bonds is 7. The highest BCUT2D eigenvalue weighted by Crippen LogP contribution is 2.32. The number of benzene rings is 1. The lowest BCUT2D eigenvalue weighted by atomic mass is 9.94. The van der Waals surface area contributed by atoms with Crippen molar-refractivity contribution in [2.45, 2.75) is 25.9 Å². The van der Waals surface area contributed by atoms with Crippen molar-refractivity contribution in [3.05, 3.63) is 46.9 Å². The number of halogens is 1. The number of likely N-dealkylation sites (N-methyl/N-ethyl adjacent to an activating group) is 1. The Morgan fingerprint density at radius 2 is 2.03 bits per heavy atom. The SMILES string of the molecule is CCOC(=O)C1=C(CN2CCN(C(=O)COC)C(C)C2)N(C)C(=O)NC1c1cccc(F)c1. The Hall–Kier alpha value is -2.98. The highest BCUT2D eigenvalue weighted by atomic mass is 19.1. The largest absolute Gasteiger partial charge is 0.463 e. The van der Waals surface area contributed by atoms with Crippen LogP contribution < -0.4 is 5.32 Å². The molecule has 1 aromatic rings. The number of carbonyl (C=O) groups is 3. The molecule has 1 aromatic carbocycles. The van der Waals surface area contributed by atoms with Gasteiger partial charge in [0.15, 0.2) is 0 Å². The summed E-state index contributed by atoms with van der Waals surface area (Å²) < 4.78 is 24.2. The van der Waals surface area contributed by atoms with Gasteiger partial charge in [0.25, 0.3) is 0 Å². The van der Waals surface area contributed by atoms with Gasteiger partial charge >= 0.3 is 12.0 Å². The van der Waals surface area contributed by atoms with Crippen molar-refractivity contribution in [3.63, 3.8) is 0 Å². The number of ether oxygens (including phenoxy) is 2. The van der Waals surface area contributed by atoms with Crippen molar-refractivity contribution >= 4 is 17.9 Å². The highest BCUT2D eigenvalue weighted by Gasteiger charge is 2.38. The molecule has 2 aliphatic heterocycles. The summed E-state index contributed by atoms with van der Waals surface area (Å²) in [6.07, 6.45) is 0. The second-order valence-corrected chi connectivity index (χ2v) is 8.18. The van der Waals surface area contributed by atoms with Crippen LogP contribution in [0.4, 0.5) is 9.18 Å². The third-order valence-electron chi connectivity index (χ3n) is 5.93. The quantitative estimate of drug-likeness (QED) is 0.618. The van der Waals surface area contributed by atoms with E-state index in [1.807, 2.05) is 6.92 Å². The Bertz CT molecular complexity index is 937. The lowest BCUT2D eigenvalue weighted by Crippen LogP contribution is -2.56. The zero-order valence-corrected chi connectivity index (χ0v) is 19.5. The van der Waals surface area contributed by atoms with Gasteiger partial charge in [-0.05, 0) is 31.5 Å². The number of nitrogens with one attached hydrogen (secondary N) is 1. The molecule has 10 heteroatoms. The van der Waals surface area contributed by atoms with Crippen molar-refractivity contribution in [2.75, 3.05) is 53.6 Å². The summed E-state index contributed by atoms with van der Waals surface area (Å²) in [5.41, 5.74) is 1.23. The van der Waals surface area contributed by atoms with E-state index < -0.39 is 23.9 Å². The second-order valence-electron chi connectivity index (χ2n) is 8.18. The van der Waals surface area contributed by atoms with Crippen molar-refractivity contribution < 1.29 is 28.2 Å². The molecule has 0 radical (unpaired) electrons. The molecule has 2 aliphatic rings. The maximum absolute atomic E-state index is 13.9. The van der Waals surface area contributed by atoms with Crippen LogP contribution in [0.1, 0.15) is 25.5 Å². The predicted octanol–water partition coefficient (Wildman–Crippen LogP) is 1.52. The zero-order valence-electron chi connectivity index (χ0n) is 19.5. The topological polar surface area (TPSA) is 91.4 Å². The monoisotopic (exact) mass is 462 g/mol. The van der Waals surface area contributed by atoms with Crippen LogP contribution >= 0.6 is 0 Å². The van der Waals surface area contributed by atoms with E-state index in [0.29, 0.717) is 37.4 Å². The number of urea groups is 1. The number of nitrogens with zero attached hydrogens (tertiary/aromatic N) is 3. The molecule has 180 valence electrons. The lowest BCUT2D eigenvalue weighted by Gasteiger charge is -2.42. The van der Waals surface area contributed by atoms with Crippen molar-refractivity contribution in [1.29, 1.82) is 0 Å². The summed E-state index contributed by atoms with van der Waals surface area (Å²) in [5, 5.41) is 2.79. The predicted molar refractivity (Wildman–Crippen MR) is 119 cm³/mol. The first-order valence-corrected chi connectivity index (χ1v) is 11.0. The molecule has 0 aromatic heterocycles. The van der Waals surface area contributed by atoms with E-state index in [0.717, 1.165) is 0 Å². The first kappa shape index (κ1) is 24.7. The zero-order chi connectivity index (χ0) is 24.1. The fraction of sp³-hybridized carbons (Fsp3) is 0.522. The third kappa shape index (κ3) is 5.51. The van der Waals surface area contributed by atoms with Crippen LogP contribution in [0.3, 0.4) is 0 Å². The van der Waals surface area contributed by atoms with Crippen LogP contribution in [0.5, 0.6) is 0 Å². The normalized spacial score (nSPS) is 21.8. The van der Waals surface area contributed by atoms with Crippen molar-refractivity contribution in [3.8, 4) is 0 Å². The van der Waals surface area contributed by atoms with Crippen LogP contribution in [0.15, 0.2) is 35.5 Å². The Kier molecular flexibility index (Phi) is 8.04. The van der Waals surface area contributed by atoms with Crippen molar-refractivity contribution in [1.82, 2.24) is 20.0 Å². The molecule has 2 atom stereocenters. The van der Waals surface area contributed by atoms with E-state index in [-0.39, 0.29) is 30.7 Å². The van der Waals surface area contributed by atoms with Gasteiger partial charge in [-0.15, -0.1) is 0 Å². The first-order chi connectivity index (χ1) is 15.8. The van der Waals surface area contributed by atoms with Gasteiger partial charge in [0, 0.05) is 52.1 Å². The molecule has 1 saturated heterocycles. The average molecular weight is 463 g/mol. The summed E-state index contributed by atoms with van der Waals surface area (Å²) in [6, 6.07) is 4.52. The van der Waals surface area contributed by atoms with Crippen LogP contribution in [0, 0.1) is 5.82 Å². The smallest absolute Gasteiger partial charge is 0.338 e. The molecule has 3 amide bonds. The maximum Gasteiger partial charge on any atom is 0.338 e. The van der Waals surface area contributed by atoms with Crippen molar-refractivity contribution in [2.24, 2.45) is 0 Å². The number of amides is 3. The number of piperazine rings is 1. The molecule has 3 rings (SSSR count). The molecule has 33 heavy (non-hydrogen) atoms. The van der Waals surface area contributed by atoms with Gasteiger partial charge in [-0.3, -0.25) is 14.6 Å². The van der Waals surface area contributed by atoms with E-state index in [2.05, 4.69) is 10.2 Å². The third-order valence-corrected chi connectivity index (χ3v) is 5.93. The summed E-state index contributed by atoms with van der Waals surface area (Å²) in [7, 11) is 3.08. The Balaban J connectivity index is 1.93. The number of carbonyl (C=O) groups excluding carboxylic acids is 3. The number of esters is 1. The summed E-state index contributed by atoms with van der Waals surface area (Å²) in [4.78, 5) is 43.3. The Labute approximate surface area is 193 Å². The molecule has 0 saturated carbocycles. The highest BCUT2D eigenvalue weighted by molar-refractivity contribution is 5.95. The second kappa shape index (κ2) is 10.8. The molecule has 2 unspecified atom stereocenters. The van der Waals surface area contributed by atoms with Gasteiger partial charge in [-0.25, -0.2) is 14.0 Å². The van der Waals surface area contributed by atoms with Crippen LogP contribution in [0.2, 0.25) is 0 Å². The summed E-state index contributed by atoms with van der Waals surface area (Å²) in [5.74, 6) is -1.09. The fourth-order valence-electron chi connectivity index (χ4n) is 4.30. The Morgan fingerprint density at radius 3 is 2.67 bits per heavy atom. The minimum atomic E-state index is -0.833. The molecule has 0 aliphatic carbocycles. The van der Waals surface area contributed by atoms with Gasteiger partial charge < -0.3 is 19.7 Å². The Morgan fingerprint density at radius 1 is 1.27 bits per heavy atom. The van der Waals surface area contributed by atoms with Gasteiger partial charge in [-0.1, -0.05) is 12.1 Å². The molecular weight excluding hydrogens is 431 g/mol. The molecule has 2 heterocycles. The fourth-order valence-corrected chi connectivity index (χ4v) is 4.30. The molecule has 0 bridgehead atoms. The van der Waals surface area contributed by atoms with E-state index >= 15 is 0 Å². The number of hydrogen-bond donors (Lipinski definition) is 1. The average Bonchev–Trinajstić information content (AvgIpc) is 2.77. The minimum absolute atomic E-state index is 0.0285.